The summed E-state index contributed by atoms with van der Waals surface area (Å²) in [5.41, 5.74) is -0.347. The molecule has 11 heteroatoms. The van der Waals surface area contributed by atoms with Crippen LogP contribution < -0.4 is 20.3 Å². The number of hydrogen-bond acceptors (Lipinski definition) is 4. The minimum atomic E-state index is -3.34. The van der Waals surface area contributed by atoms with E-state index in [1.54, 1.807) is 13.8 Å². The molecule has 1 saturated heterocycles. The van der Waals surface area contributed by atoms with E-state index >= 15 is 0 Å². The zero-order valence-electron chi connectivity index (χ0n) is 17.1. The van der Waals surface area contributed by atoms with Crippen molar-refractivity contribution < 1.29 is 17.2 Å². The highest BCUT2D eigenvalue weighted by Crippen LogP contribution is 2.24. The first-order valence-electron chi connectivity index (χ1n) is 9.23. The van der Waals surface area contributed by atoms with Crippen LogP contribution in [0.1, 0.15) is 27.2 Å². The smallest absolute Gasteiger partial charge is 0.209 e. The second-order valence-electron chi connectivity index (χ2n) is 7.62. The lowest BCUT2D eigenvalue weighted by molar-refractivity contribution is 0.464. The first-order valence-corrected chi connectivity index (χ1v) is 11.1. The molecule has 0 bridgehead atoms. The van der Waals surface area contributed by atoms with Gasteiger partial charge in [-0.15, -0.1) is 24.0 Å². The van der Waals surface area contributed by atoms with Gasteiger partial charge in [0.2, 0.25) is 10.0 Å². The molecule has 29 heavy (non-hydrogen) atoms. The van der Waals surface area contributed by atoms with E-state index in [1.165, 1.54) is 12.1 Å². The quantitative estimate of drug-likeness (QED) is 0.278. The van der Waals surface area contributed by atoms with Gasteiger partial charge in [-0.25, -0.2) is 21.9 Å². The van der Waals surface area contributed by atoms with E-state index in [0.717, 1.165) is 18.7 Å². The van der Waals surface area contributed by atoms with Gasteiger partial charge >= 0.3 is 0 Å². The van der Waals surface area contributed by atoms with Crippen LogP contribution in [0.15, 0.2) is 23.2 Å². The molecule has 0 saturated carbocycles. The van der Waals surface area contributed by atoms with Crippen molar-refractivity contribution in [3.05, 3.63) is 29.8 Å². The van der Waals surface area contributed by atoms with Crippen LogP contribution in [-0.4, -0.2) is 58.4 Å². The molecule has 0 aliphatic carbocycles. The Morgan fingerprint density at radius 1 is 1.34 bits per heavy atom. The molecule has 3 N–H and O–H groups in total. The fraction of sp³-hybridized carbons (Fsp3) is 0.611. The Balaban J connectivity index is 0.00000420. The number of guanidine groups is 1. The maximum absolute atomic E-state index is 14.0. The topological polar surface area (TPSA) is 85.8 Å². The minimum absolute atomic E-state index is 0. The van der Waals surface area contributed by atoms with Crippen molar-refractivity contribution in [2.24, 2.45) is 4.99 Å². The van der Waals surface area contributed by atoms with Crippen molar-refractivity contribution >= 4 is 45.6 Å². The summed E-state index contributed by atoms with van der Waals surface area (Å²) in [6.45, 7) is 7.54. The van der Waals surface area contributed by atoms with E-state index in [2.05, 4.69) is 20.3 Å². The average Bonchev–Trinajstić information content (AvgIpc) is 2.99. The summed E-state index contributed by atoms with van der Waals surface area (Å²) in [7, 11) is -3.34. The van der Waals surface area contributed by atoms with Gasteiger partial charge in [0, 0.05) is 37.3 Å². The number of halogens is 3. The molecule has 1 aliphatic heterocycles. The predicted octanol–water partition coefficient (Wildman–Crippen LogP) is 2.04. The Morgan fingerprint density at radius 2 is 2.03 bits per heavy atom. The maximum atomic E-state index is 14.0. The highest BCUT2D eigenvalue weighted by atomic mass is 127. The van der Waals surface area contributed by atoms with Gasteiger partial charge in [-0.2, -0.15) is 0 Å². The highest BCUT2D eigenvalue weighted by Gasteiger charge is 2.26. The predicted molar refractivity (Wildman–Crippen MR) is 124 cm³/mol. The normalized spacial score (nSPS) is 17.8. The lowest BCUT2D eigenvalue weighted by Gasteiger charge is -2.24. The van der Waals surface area contributed by atoms with Crippen molar-refractivity contribution in [2.45, 2.75) is 38.8 Å². The van der Waals surface area contributed by atoms with E-state index in [4.69, 9.17) is 0 Å². The zero-order chi connectivity index (χ0) is 20.9. The van der Waals surface area contributed by atoms with Gasteiger partial charge in [-0.05, 0) is 39.3 Å². The number of anilines is 1. The van der Waals surface area contributed by atoms with Crippen LogP contribution in [0.5, 0.6) is 0 Å². The molecule has 1 aromatic carbocycles. The lowest BCUT2D eigenvalue weighted by atomic mass is 10.1. The van der Waals surface area contributed by atoms with E-state index in [-0.39, 0.29) is 36.6 Å². The molecule has 7 nitrogen and oxygen atoms in total. The molecule has 166 valence electrons. The number of nitrogens with one attached hydrogen (secondary N) is 3. The Kier molecular flexibility index (Phi) is 9.54. The van der Waals surface area contributed by atoms with Crippen LogP contribution in [0.2, 0.25) is 0 Å². The summed E-state index contributed by atoms with van der Waals surface area (Å²) in [4.78, 5) is 6.35. The summed E-state index contributed by atoms with van der Waals surface area (Å²) >= 11 is 0. The van der Waals surface area contributed by atoms with Crippen molar-refractivity contribution in [3.8, 4) is 0 Å². The molecular weight excluding hydrogens is 515 g/mol. The molecule has 1 fully saturated rings. The van der Waals surface area contributed by atoms with Crippen LogP contribution in [0.25, 0.3) is 0 Å². The van der Waals surface area contributed by atoms with Crippen LogP contribution >= 0.6 is 24.0 Å². The summed E-state index contributed by atoms with van der Waals surface area (Å²) in [5.74, 6) is -0.603. The van der Waals surface area contributed by atoms with E-state index in [9.17, 15) is 17.2 Å². The standard InChI is InChI=1S/C18H29F2N5O2S.HI/c1-5-21-17(22-12-18(2,3)24-28(4,26)27)23-14-8-9-25(11-14)16-7-6-13(19)10-15(16)20;/h6-7,10,14,24H,5,8-9,11-12H2,1-4H3,(H2,21,22,23);1H. The third-order valence-corrected chi connectivity index (χ3v) is 5.14. The molecular formula is C18H30F2IN5O2S. The van der Waals surface area contributed by atoms with Gasteiger partial charge in [-0.1, -0.05) is 0 Å². The van der Waals surface area contributed by atoms with Crippen LogP contribution in [-0.2, 0) is 10.0 Å². The van der Waals surface area contributed by atoms with Gasteiger partial charge < -0.3 is 15.5 Å². The molecule has 0 amide bonds. The van der Waals surface area contributed by atoms with Crippen molar-refractivity contribution in [3.63, 3.8) is 0 Å². The number of hydrogen-bond donors (Lipinski definition) is 3. The van der Waals surface area contributed by atoms with E-state index in [1.807, 2.05) is 11.8 Å². The Morgan fingerprint density at radius 3 is 2.62 bits per heavy atom. The van der Waals surface area contributed by atoms with E-state index < -0.39 is 27.2 Å². The Bertz CT molecular complexity index is 820. The van der Waals surface area contributed by atoms with Crippen LogP contribution in [0.4, 0.5) is 14.5 Å². The van der Waals surface area contributed by atoms with Gasteiger partial charge in [-0.3, -0.25) is 4.99 Å². The fourth-order valence-corrected chi connectivity index (χ4v) is 4.23. The summed E-state index contributed by atoms with van der Waals surface area (Å²) in [5, 5.41) is 6.44. The Hall–Kier alpha value is -1.21. The molecule has 1 heterocycles. The Labute approximate surface area is 188 Å². The SMILES string of the molecule is CCNC(=NCC(C)(C)NS(C)(=O)=O)NC1CCN(c2ccc(F)cc2F)C1.I. The molecule has 0 spiro atoms. The van der Waals surface area contributed by atoms with Crippen molar-refractivity contribution in [1.29, 1.82) is 0 Å². The number of rotatable bonds is 7. The third kappa shape index (κ3) is 8.59. The molecule has 1 aliphatic rings. The highest BCUT2D eigenvalue weighted by molar-refractivity contribution is 14.0. The monoisotopic (exact) mass is 545 g/mol. The minimum Gasteiger partial charge on any atom is -0.367 e. The average molecular weight is 545 g/mol. The summed E-state index contributed by atoms with van der Waals surface area (Å²) in [6, 6.07) is 3.62. The van der Waals surface area contributed by atoms with Crippen LogP contribution in [0.3, 0.4) is 0 Å². The fourth-order valence-electron chi connectivity index (χ4n) is 3.16. The molecule has 0 aromatic heterocycles. The van der Waals surface area contributed by atoms with Crippen LogP contribution in [0, 0.1) is 11.6 Å². The van der Waals surface area contributed by atoms with Crippen molar-refractivity contribution in [2.75, 3.05) is 37.3 Å². The zero-order valence-corrected chi connectivity index (χ0v) is 20.3. The summed E-state index contributed by atoms with van der Waals surface area (Å²) in [6.07, 6.45) is 1.88. The number of benzene rings is 1. The first-order chi connectivity index (χ1) is 13.0. The van der Waals surface area contributed by atoms with E-state index in [0.29, 0.717) is 31.3 Å². The molecule has 0 radical (unpaired) electrons. The van der Waals surface area contributed by atoms with Gasteiger partial charge in [0.05, 0.1) is 18.5 Å². The van der Waals surface area contributed by atoms with Crippen molar-refractivity contribution in [1.82, 2.24) is 15.4 Å². The second-order valence-corrected chi connectivity index (χ2v) is 9.37. The molecule has 2 rings (SSSR count). The summed E-state index contributed by atoms with van der Waals surface area (Å²) < 4.78 is 52.6. The van der Waals surface area contributed by atoms with Gasteiger partial charge in [0.25, 0.3) is 0 Å². The molecule has 1 atom stereocenters. The second kappa shape index (κ2) is 10.7. The first kappa shape index (κ1) is 25.8. The van der Waals surface area contributed by atoms with Gasteiger partial charge in [0.1, 0.15) is 11.6 Å². The number of nitrogens with zero attached hydrogens (tertiary/aromatic N) is 2. The largest absolute Gasteiger partial charge is 0.367 e. The molecule has 1 aromatic rings. The lowest BCUT2D eigenvalue weighted by Crippen LogP contribution is -2.48. The number of sulfonamides is 1. The third-order valence-electron chi connectivity index (χ3n) is 4.22. The van der Waals surface area contributed by atoms with Gasteiger partial charge in [0.15, 0.2) is 5.96 Å². The maximum Gasteiger partial charge on any atom is 0.209 e. The molecule has 1 unspecified atom stereocenters. The number of aliphatic imine (C=N–C) groups is 1.